The molecule has 7 nitrogen and oxygen atoms in total. The van der Waals surface area contributed by atoms with E-state index in [2.05, 4.69) is 38.3 Å². The van der Waals surface area contributed by atoms with E-state index in [1.807, 2.05) is 24.3 Å². The van der Waals surface area contributed by atoms with Crippen molar-refractivity contribution in [1.29, 1.82) is 0 Å². The van der Waals surface area contributed by atoms with Crippen LogP contribution in [0.25, 0.3) is 0 Å². The van der Waals surface area contributed by atoms with Crippen LogP contribution >= 0.6 is 0 Å². The Morgan fingerprint density at radius 2 is 1.42 bits per heavy atom. The minimum absolute atomic E-state index is 0.220. The van der Waals surface area contributed by atoms with Crippen molar-refractivity contribution in [2.45, 2.75) is 39.5 Å². The lowest BCUT2D eigenvalue weighted by Crippen LogP contribution is -2.35. The van der Waals surface area contributed by atoms with E-state index in [1.165, 1.54) is 0 Å². The topological polar surface area (TPSA) is 93.7 Å². The first-order valence-corrected chi connectivity index (χ1v) is 10.3. The van der Waals surface area contributed by atoms with Crippen molar-refractivity contribution in [2.24, 2.45) is 0 Å². The number of ether oxygens (including phenoxy) is 2. The van der Waals surface area contributed by atoms with Crippen molar-refractivity contribution < 1.29 is 23.9 Å². The summed E-state index contributed by atoms with van der Waals surface area (Å²) in [7, 11) is 0. The van der Waals surface area contributed by atoms with Crippen molar-refractivity contribution in [3.05, 3.63) is 59.7 Å². The molecule has 0 atom stereocenters. The van der Waals surface area contributed by atoms with Crippen LogP contribution in [0.4, 0.5) is 5.69 Å². The van der Waals surface area contributed by atoms with Gasteiger partial charge in [0.15, 0.2) is 13.2 Å². The van der Waals surface area contributed by atoms with Gasteiger partial charge in [0.05, 0.1) is 0 Å². The van der Waals surface area contributed by atoms with E-state index in [4.69, 9.17) is 9.47 Å². The maximum Gasteiger partial charge on any atom is 0.325 e. The number of anilines is 1. The molecule has 2 amide bonds. The highest BCUT2D eigenvalue weighted by Gasteiger charge is 2.17. The lowest BCUT2D eigenvalue weighted by molar-refractivity contribution is -0.147. The maximum absolute atomic E-state index is 12.4. The molecule has 2 aromatic rings. The van der Waals surface area contributed by atoms with Crippen LogP contribution in [0, 0.1) is 0 Å². The average molecular weight is 427 g/mol. The Hall–Kier alpha value is -3.35. The molecule has 0 saturated heterocycles. The lowest BCUT2D eigenvalue weighted by Gasteiger charge is -2.20. The molecule has 31 heavy (non-hydrogen) atoms. The number of hydrogen-bond donors (Lipinski definition) is 2. The summed E-state index contributed by atoms with van der Waals surface area (Å²) in [6, 6.07) is 14.8. The minimum atomic E-state index is -0.704. The summed E-state index contributed by atoms with van der Waals surface area (Å²) >= 11 is 0. The smallest absolute Gasteiger partial charge is 0.325 e. The van der Waals surface area contributed by atoms with Crippen LogP contribution in [0.2, 0.25) is 0 Å². The second-order valence-electron chi connectivity index (χ2n) is 7.71. The summed E-state index contributed by atoms with van der Waals surface area (Å²) in [5.41, 5.74) is 2.81. The number of rotatable bonds is 10. The Morgan fingerprint density at radius 3 is 2.00 bits per heavy atom. The van der Waals surface area contributed by atoms with Gasteiger partial charge in [-0.3, -0.25) is 14.4 Å². The number of carbonyl (C=O) groups excluding carboxylic acids is 3. The number of benzene rings is 2. The quantitative estimate of drug-likeness (QED) is 0.566. The molecule has 7 heteroatoms. The van der Waals surface area contributed by atoms with Crippen LogP contribution in [-0.2, 0) is 19.1 Å². The van der Waals surface area contributed by atoms with Gasteiger partial charge in [0.25, 0.3) is 11.8 Å². The van der Waals surface area contributed by atoms with Crippen LogP contribution in [0.1, 0.15) is 50.7 Å². The minimum Gasteiger partial charge on any atom is -0.484 e. The van der Waals surface area contributed by atoms with Gasteiger partial charge < -0.3 is 20.1 Å². The number of hydrogen-bond acceptors (Lipinski definition) is 5. The summed E-state index contributed by atoms with van der Waals surface area (Å²) in [4.78, 5) is 36.0. The Morgan fingerprint density at radius 1 is 0.806 bits per heavy atom. The van der Waals surface area contributed by atoms with Gasteiger partial charge in [-0.05, 0) is 35.1 Å². The highest BCUT2D eigenvalue weighted by molar-refractivity contribution is 5.94. The fraction of sp³-hybridized carbons (Fsp3) is 0.375. The van der Waals surface area contributed by atoms with E-state index < -0.39 is 24.4 Å². The zero-order valence-electron chi connectivity index (χ0n) is 18.4. The van der Waals surface area contributed by atoms with E-state index in [9.17, 15) is 14.4 Å². The van der Waals surface area contributed by atoms with Gasteiger partial charge in [-0.2, -0.15) is 0 Å². The van der Waals surface area contributed by atoms with Gasteiger partial charge in [-0.15, -0.1) is 0 Å². The Labute approximate surface area is 183 Å². The van der Waals surface area contributed by atoms with Gasteiger partial charge in [0.1, 0.15) is 12.3 Å². The second-order valence-corrected chi connectivity index (χ2v) is 7.71. The standard InChI is InChI=1S/C24H30N2O5/c1-16(2)19-11-8-12-20(17(3)4)24(19)26-22(28)15-31-23(29)13-25-21(27)14-30-18-9-6-5-7-10-18/h5-12,16-17H,13-15H2,1-4H3,(H,25,27)(H,26,28). The highest BCUT2D eigenvalue weighted by atomic mass is 16.5. The molecule has 0 aromatic heterocycles. The third-order valence-electron chi connectivity index (χ3n) is 4.54. The van der Waals surface area contributed by atoms with Crippen LogP contribution < -0.4 is 15.4 Å². The van der Waals surface area contributed by atoms with Crippen LogP contribution in [0.3, 0.4) is 0 Å². The highest BCUT2D eigenvalue weighted by Crippen LogP contribution is 2.32. The second kappa shape index (κ2) is 11.7. The molecule has 0 aliphatic rings. The summed E-state index contributed by atoms with van der Waals surface area (Å²) in [6.45, 7) is 7.22. The average Bonchev–Trinajstić information content (AvgIpc) is 2.75. The predicted molar refractivity (Wildman–Crippen MR) is 119 cm³/mol. The normalized spacial score (nSPS) is 10.6. The molecule has 0 spiro atoms. The summed E-state index contributed by atoms with van der Waals surface area (Å²) in [5.74, 6) is -0.585. The van der Waals surface area contributed by atoms with Gasteiger partial charge in [0, 0.05) is 5.69 Å². The van der Waals surface area contributed by atoms with Crippen LogP contribution in [0.15, 0.2) is 48.5 Å². The number of amides is 2. The lowest BCUT2D eigenvalue weighted by atomic mass is 9.92. The molecule has 0 unspecified atom stereocenters. The zero-order valence-corrected chi connectivity index (χ0v) is 18.4. The molecule has 0 aliphatic carbocycles. The van der Waals surface area contributed by atoms with Gasteiger partial charge in [0.2, 0.25) is 0 Å². The van der Waals surface area contributed by atoms with Gasteiger partial charge in [-0.1, -0.05) is 64.1 Å². The molecule has 166 valence electrons. The monoisotopic (exact) mass is 426 g/mol. The molecular weight excluding hydrogens is 396 g/mol. The molecule has 2 N–H and O–H groups in total. The fourth-order valence-corrected chi connectivity index (χ4v) is 2.96. The summed E-state index contributed by atoms with van der Waals surface area (Å²) in [5, 5.41) is 5.28. The first-order chi connectivity index (χ1) is 14.8. The van der Waals surface area contributed by atoms with Crippen molar-refractivity contribution >= 4 is 23.5 Å². The predicted octanol–water partition coefficient (Wildman–Crippen LogP) is 3.61. The first kappa shape index (κ1) is 23.9. The molecule has 0 fully saturated rings. The van der Waals surface area contributed by atoms with E-state index >= 15 is 0 Å². The van der Waals surface area contributed by atoms with Crippen molar-refractivity contribution in [2.75, 3.05) is 25.1 Å². The molecular formula is C24H30N2O5. The number of carbonyl (C=O) groups is 3. The van der Waals surface area contributed by atoms with E-state index in [0.29, 0.717) is 5.75 Å². The van der Waals surface area contributed by atoms with Crippen molar-refractivity contribution in [3.63, 3.8) is 0 Å². The molecule has 2 rings (SSSR count). The van der Waals surface area contributed by atoms with Crippen molar-refractivity contribution in [1.82, 2.24) is 5.32 Å². The first-order valence-electron chi connectivity index (χ1n) is 10.3. The van der Waals surface area contributed by atoms with Crippen LogP contribution in [0.5, 0.6) is 5.75 Å². The molecule has 2 aromatic carbocycles. The van der Waals surface area contributed by atoms with Gasteiger partial charge >= 0.3 is 5.97 Å². The summed E-state index contributed by atoms with van der Waals surface area (Å²) < 4.78 is 10.3. The molecule has 0 saturated carbocycles. The SMILES string of the molecule is CC(C)c1cccc(C(C)C)c1NC(=O)COC(=O)CNC(=O)COc1ccccc1. The third kappa shape index (κ3) is 7.77. The Balaban J connectivity index is 1.80. The van der Waals surface area contributed by atoms with E-state index in [1.54, 1.807) is 24.3 Å². The van der Waals surface area contributed by atoms with Crippen molar-refractivity contribution in [3.8, 4) is 5.75 Å². The Bertz CT molecular complexity index is 868. The van der Waals surface area contributed by atoms with E-state index in [-0.39, 0.29) is 25.0 Å². The number of esters is 1. The fourth-order valence-electron chi connectivity index (χ4n) is 2.96. The molecule has 0 aliphatic heterocycles. The molecule has 0 radical (unpaired) electrons. The van der Waals surface area contributed by atoms with Crippen LogP contribution in [-0.4, -0.2) is 37.5 Å². The van der Waals surface area contributed by atoms with Gasteiger partial charge in [-0.25, -0.2) is 0 Å². The Kier molecular flexibility index (Phi) is 9.06. The molecule has 0 bridgehead atoms. The number of nitrogens with one attached hydrogen (secondary N) is 2. The summed E-state index contributed by atoms with van der Waals surface area (Å²) in [6.07, 6.45) is 0. The molecule has 0 heterocycles. The van der Waals surface area contributed by atoms with E-state index in [0.717, 1.165) is 16.8 Å². The third-order valence-corrected chi connectivity index (χ3v) is 4.54. The largest absolute Gasteiger partial charge is 0.484 e. The maximum atomic E-state index is 12.4. The zero-order chi connectivity index (χ0) is 22.8. The number of para-hydroxylation sites is 2.